The lowest BCUT2D eigenvalue weighted by Crippen LogP contribution is -2.36. The minimum absolute atomic E-state index is 0.153. The Labute approximate surface area is 123 Å². The van der Waals surface area contributed by atoms with E-state index < -0.39 is 0 Å². The molecule has 110 valence electrons. The van der Waals surface area contributed by atoms with Crippen molar-refractivity contribution in [2.75, 3.05) is 13.1 Å². The molecule has 21 heavy (non-hydrogen) atoms. The standard InChI is InChI=1S/C15H19N5O/c1-11(21)20-7-3-12(4-8-20)14-15(17-6-5-16-14)13-9-18-19(2)10-13/h5-6,9-10,12H,3-4,7-8H2,1-2H3. The van der Waals surface area contributed by atoms with Crippen LogP contribution in [0.2, 0.25) is 0 Å². The van der Waals surface area contributed by atoms with Crippen LogP contribution >= 0.6 is 0 Å². The lowest BCUT2D eigenvalue weighted by Gasteiger charge is -2.31. The highest BCUT2D eigenvalue weighted by Crippen LogP contribution is 2.32. The van der Waals surface area contributed by atoms with Crippen molar-refractivity contribution in [2.45, 2.75) is 25.7 Å². The maximum Gasteiger partial charge on any atom is 0.219 e. The van der Waals surface area contributed by atoms with E-state index in [4.69, 9.17) is 0 Å². The van der Waals surface area contributed by atoms with E-state index in [0.29, 0.717) is 5.92 Å². The maximum absolute atomic E-state index is 11.4. The summed E-state index contributed by atoms with van der Waals surface area (Å²) >= 11 is 0. The van der Waals surface area contributed by atoms with Gasteiger partial charge in [0.1, 0.15) is 0 Å². The average Bonchev–Trinajstić information content (AvgIpc) is 2.94. The van der Waals surface area contributed by atoms with Crippen LogP contribution in [-0.4, -0.2) is 43.6 Å². The van der Waals surface area contributed by atoms with Gasteiger partial charge in [0.05, 0.1) is 17.6 Å². The topological polar surface area (TPSA) is 63.9 Å². The van der Waals surface area contributed by atoms with Crippen LogP contribution in [0.25, 0.3) is 11.3 Å². The molecule has 0 aliphatic carbocycles. The van der Waals surface area contributed by atoms with Crippen LogP contribution in [0, 0.1) is 0 Å². The van der Waals surface area contributed by atoms with Gasteiger partial charge in [0.25, 0.3) is 0 Å². The number of hydrogen-bond donors (Lipinski definition) is 0. The molecule has 0 bridgehead atoms. The molecule has 6 heteroatoms. The van der Waals surface area contributed by atoms with Gasteiger partial charge in [-0.1, -0.05) is 0 Å². The zero-order valence-electron chi connectivity index (χ0n) is 12.4. The number of amides is 1. The van der Waals surface area contributed by atoms with Crippen molar-refractivity contribution in [2.24, 2.45) is 7.05 Å². The highest BCUT2D eigenvalue weighted by atomic mass is 16.2. The Morgan fingerprint density at radius 2 is 1.95 bits per heavy atom. The second kappa shape index (κ2) is 5.63. The van der Waals surface area contributed by atoms with Gasteiger partial charge in [-0.15, -0.1) is 0 Å². The molecule has 0 atom stereocenters. The molecule has 1 fully saturated rings. The van der Waals surface area contributed by atoms with Gasteiger partial charge in [-0.05, 0) is 12.8 Å². The second-order valence-electron chi connectivity index (χ2n) is 5.47. The molecule has 0 spiro atoms. The van der Waals surface area contributed by atoms with Gasteiger partial charge in [0, 0.05) is 57.1 Å². The number of aromatic nitrogens is 4. The third-order valence-corrected chi connectivity index (χ3v) is 4.03. The number of aryl methyl sites for hydroxylation is 1. The first-order valence-corrected chi connectivity index (χ1v) is 7.20. The SMILES string of the molecule is CC(=O)N1CCC(c2nccnc2-c2cnn(C)c2)CC1. The van der Waals surface area contributed by atoms with E-state index >= 15 is 0 Å². The quantitative estimate of drug-likeness (QED) is 0.841. The van der Waals surface area contributed by atoms with E-state index in [1.165, 1.54) is 0 Å². The smallest absolute Gasteiger partial charge is 0.219 e. The molecule has 3 rings (SSSR count). The molecule has 6 nitrogen and oxygen atoms in total. The Morgan fingerprint density at radius 3 is 2.57 bits per heavy atom. The van der Waals surface area contributed by atoms with Gasteiger partial charge in [-0.2, -0.15) is 5.10 Å². The molecule has 1 aliphatic heterocycles. The molecular formula is C15H19N5O. The Kier molecular flexibility index (Phi) is 3.68. The lowest BCUT2D eigenvalue weighted by molar-refractivity contribution is -0.129. The molecule has 1 amide bonds. The first kappa shape index (κ1) is 13.7. The van der Waals surface area contributed by atoms with Crippen molar-refractivity contribution in [3.63, 3.8) is 0 Å². The van der Waals surface area contributed by atoms with Crippen LogP contribution in [0.1, 0.15) is 31.4 Å². The van der Waals surface area contributed by atoms with Crippen LogP contribution in [0.5, 0.6) is 0 Å². The fraction of sp³-hybridized carbons (Fsp3) is 0.467. The van der Waals surface area contributed by atoms with E-state index in [1.807, 2.05) is 24.3 Å². The number of carbonyl (C=O) groups excluding carboxylic acids is 1. The highest BCUT2D eigenvalue weighted by molar-refractivity contribution is 5.73. The summed E-state index contributed by atoms with van der Waals surface area (Å²) in [6, 6.07) is 0. The van der Waals surface area contributed by atoms with Gasteiger partial charge < -0.3 is 4.90 Å². The van der Waals surface area contributed by atoms with Gasteiger partial charge >= 0.3 is 0 Å². The molecule has 1 saturated heterocycles. The lowest BCUT2D eigenvalue weighted by atomic mass is 9.91. The number of likely N-dealkylation sites (tertiary alicyclic amines) is 1. The van der Waals surface area contributed by atoms with Crippen LogP contribution in [0.15, 0.2) is 24.8 Å². The normalized spacial score (nSPS) is 16.2. The summed E-state index contributed by atoms with van der Waals surface area (Å²) in [6.45, 7) is 3.22. The summed E-state index contributed by atoms with van der Waals surface area (Å²) in [4.78, 5) is 22.4. The summed E-state index contributed by atoms with van der Waals surface area (Å²) in [5.41, 5.74) is 2.93. The van der Waals surface area contributed by atoms with E-state index in [9.17, 15) is 4.79 Å². The van der Waals surface area contributed by atoms with Crippen LogP contribution < -0.4 is 0 Å². The Morgan fingerprint density at radius 1 is 1.24 bits per heavy atom. The summed E-state index contributed by atoms with van der Waals surface area (Å²) < 4.78 is 1.77. The monoisotopic (exact) mass is 285 g/mol. The maximum atomic E-state index is 11.4. The van der Waals surface area contributed by atoms with Gasteiger partial charge in [-0.25, -0.2) is 0 Å². The first-order valence-electron chi connectivity index (χ1n) is 7.20. The number of carbonyl (C=O) groups is 1. The molecule has 1 aliphatic rings. The third-order valence-electron chi connectivity index (χ3n) is 4.03. The number of piperidine rings is 1. The fourth-order valence-corrected chi connectivity index (χ4v) is 2.88. The summed E-state index contributed by atoms with van der Waals surface area (Å²) in [6.07, 6.45) is 9.11. The predicted molar refractivity (Wildman–Crippen MR) is 78.5 cm³/mol. The molecule has 3 heterocycles. The van der Waals surface area contributed by atoms with Crippen molar-refractivity contribution >= 4 is 5.91 Å². The number of nitrogens with zero attached hydrogens (tertiary/aromatic N) is 5. The van der Waals surface area contributed by atoms with E-state index in [0.717, 1.165) is 42.9 Å². The molecule has 0 N–H and O–H groups in total. The Bertz CT molecular complexity index is 643. The second-order valence-corrected chi connectivity index (χ2v) is 5.47. The predicted octanol–water partition coefficient (Wildman–Crippen LogP) is 1.60. The zero-order valence-corrected chi connectivity index (χ0v) is 12.4. The van der Waals surface area contributed by atoms with Crippen molar-refractivity contribution in [3.8, 4) is 11.3 Å². The molecule has 0 saturated carbocycles. The number of hydrogen-bond acceptors (Lipinski definition) is 4. The minimum atomic E-state index is 0.153. The van der Waals surface area contributed by atoms with Crippen LogP contribution in [0.3, 0.4) is 0 Å². The van der Waals surface area contributed by atoms with Gasteiger partial charge in [-0.3, -0.25) is 19.4 Å². The molecule has 0 radical (unpaired) electrons. The van der Waals surface area contributed by atoms with Crippen molar-refractivity contribution in [1.82, 2.24) is 24.6 Å². The van der Waals surface area contributed by atoms with E-state index in [-0.39, 0.29) is 5.91 Å². The van der Waals surface area contributed by atoms with Crippen LogP contribution in [-0.2, 0) is 11.8 Å². The summed E-state index contributed by atoms with van der Waals surface area (Å²) in [5, 5.41) is 4.21. The third kappa shape index (κ3) is 2.79. The van der Waals surface area contributed by atoms with Gasteiger partial charge in [0.2, 0.25) is 5.91 Å². The Hall–Kier alpha value is -2.24. The first-order chi connectivity index (χ1) is 10.1. The van der Waals surface area contributed by atoms with Crippen molar-refractivity contribution in [3.05, 3.63) is 30.5 Å². The molecule has 0 aromatic carbocycles. The van der Waals surface area contributed by atoms with E-state index in [1.54, 1.807) is 24.0 Å². The zero-order chi connectivity index (χ0) is 14.8. The Balaban J connectivity index is 1.85. The van der Waals surface area contributed by atoms with Gasteiger partial charge in [0.15, 0.2) is 0 Å². The van der Waals surface area contributed by atoms with Crippen molar-refractivity contribution in [1.29, 1.82) is 0 Å². The molecule has 2 aromatic heterocycles. The number of rotatable bonds is 2. The van der Waals surface area contributed by atoms with Crippen LogP contribution in [0.4, 0.5) is 0 Å². The average molecular weight is 285 g/mol. The summed E-state index contributed by atoms with van der Waals surface area (Å²) in [5.74, 6) is 0.504. The van der Waals surface area contributed by atoms with E-state index in [2.05, 4.69) is 15.1 Å². The highest BCUT2D eigenvalue weighted by Gasteiger charge is 2.25. The fourth-order valence-electron chi connectivity index (χ4n) is 2.88. The molecular weight excluding hydrogens is 266 g/mol. The molecule has 0 unspecified atom stereocenters. The molecule has 2 aromatic rings. The largest absolute Gasteiger partial charge is 0.343 e. The minimum Gasteiger partial charge on any atom is -0.343 e. The van der Waals surface area contributed by atoms with Crippen molar-refractivity contribution < 1.29 is 4.79 Å². The summed E-state index contributed by atoms with van der Waals surface area (Å²) in [7, 11) is 1.89.